The molecule has 0 aromatic carbocycles. The summed E-state index contributed by atoms with van der Waals surface area (Å²) in [5.74, 6) is 1.02. The zero-order chi connectivity index (χ0) is 10.6. The fraction of sp³-hybridized carbons (Fsp3) is 0.917. The molecule has 2 heteroatoms. The van der Waals surface area contributed by atoms with Gasteiger partial charge in [-0.1, -0.05) is 13.8 Å². The fourth-order valence-electron chi connectivity index (χ4n) is 2.41. The second-order valence-electron chi connectivity index (χ2n) is 4.95. The van der Waals surface area contributed by atoms with Gasteiger partial charge in [0.15, 0.2) is 0 Å². The zero-order valence-electron chi connectivity index (χ0n) is 9.68. The maximum atomic E-state index is 11.0. The number of ketones is 1. The normalized spacial score (nSPS) is 28.0. The van der Waals surface area contributed by atoms with E-state index in [-0.39, 0.29) is 0 Å². The number of hydrogen-bond donors (Lipinski definition) is 1. The molecule has 0 spiro atoms. The van der Waals surface area contributed by atoms with Crippen molar-refractivity contribution in [3.8, 4) is 0 Å². The van der Waals surface area contributed by atoms with Crippen LogP contribution in [0, 0.1) is 5.92 Å². The molecular formula is C12H23NO. The quantitative estimate of drug-likeness (QED) is 0.750. The molecule has 14 heavy (non-hydrogen) atoms. The Balaban J connectivity index is 2.21. The summed E-state index contributed by atoms with van der Waals surface area (Å²) in [6.07, 6.45) is 5.74. The molecule has 0 bridgehead atoms. The van der Waals surface area contributed by atoms with Gasteiger partial charge in [0.2, 0.25) is 0 Å². The molecule has 1 saturated carbocycles. The summed E-state index contributed by atoms with van der Waals surface area (Å²) in [6, 6.07) is 1.28. The van der Waals surface area contributed by atoms with E-state index in [1.54, 1.807) is 6.92 Å². The molecule has 2 nitrogen and oxygen atoms in total. The highest BCUT2D eigenvalue weighted by Crippen LogP contribution is 2.27. The largest absolute Gasteiger partial charge is 0.312 e. The second kappa shape index (κ2) is 5.50. The molecule has 1 N–H and O–H groups in total. The van der Waals surface area contributed by atoms with Crippen molar-refractivity contribution in [1.29, 1.82) is 0 Å². The lowest BCUT2D eigenvalue weighted by Gasteiger charge is -2.30. The first-order valence-corrected chi connectivity index (χ1v) is 5.83. The van der Waals surface area contributed by atoms with E-state index >= 15 is 0 Å². The second-order valence-corrected chi connectivity index (χ2v) is 4.95. The summed E-state index contributed by atoms with van der Waals surface area (Å²) in [7, 11) is 0. The first-order valence-electron chi connectivity index (χ1n) is 5.83. The van der Waals surface area contributed by atoms with E-state index in [2.05, 4.69) is 19.2 Å². The van der Waals surface area contributed by atoms with Crippen molar-refractivity contribution in [2.45, 2.75) is 65.0 Å². The maximum Gasteiger partial charge on any atom is 0.130 e. The highest BCUT2D eigenvalue weighted by Gasteiger charge is 2.21. The third-order valence-electron chi connectivity index (χ3n) is 2.99. The van der Waals surface area contributed by atoms with Crippen LogP contribution in [0.5, 0.6) is 0 Å². The Morgan fingerprint density at radius 1 is 1.29 bits per heavy atom. The summed E-state index contributed by atoms with van der Waals surface area (Å²) in [4.78, 5) is 11.0. The molecule has 0 saturated heterocycles. The summed E-state index contributed by atoms with van der Waals surface area (Å²) in [6.45, 7) is 6.10. The molecule has 0 aliphatic heterocycles. The Labute approximate surface area is 87.5 Å². The number of nitrogens with one attached hydrogen (secondary N) is 1. The summed E-state index contributed by atoms with van der Waals surface area (Å²) in [5, 5.41) is 3.57. The Hall–Kier alpha value is -0.370. The highest BCUT2D eigenvalue weighted by atomic mass is 16.1. The van der Waals surface area contributed by atoms with Gasteiger partial charge in [-0.3, -0.25) is 0 Å². The topological polar surface area (TPSA) is 29.1 Å². The molecule has 0 amide bonds. The average Bonchev–Trinajstić information content (AvgIpc) is 2.06. The molecular weight excluding hydrogens is 174 g/mol. The van der Waals surface area contributed by atoms with Crippen molar-refractivity contribution < 1.29 is 4.79 Å². The first-order chi connectivity index (χ1) is 6.58. The maximum absolute atomic E-state index is 11.0. The van der Waals surface area contributed by atoms with Crippen LogP contribution in [0.2, 0.25) is 0 Å². The number of carbonyl (C=O) groups is 1. The minimum absolute atomic E-state index is 0.352. The molecule has 0 heterocycles. The minimum Gasteiger partial charge on any atom is -0.312 e. The van der Waals surface area contributed by atoms with Crippen molar-refractivity contribution in [2.24, 2.45) is 5.92 Å². The van der Waals surface area contributed by atoms with E-state index in [0.717, 1.165) is 6.42 Å². The van der Waals surface area contributed by atoms with Crippen LogP contribution in [0.15, 0.2) is 0 Å². The van der Waals surface area contributed by atoms with E-state index in [1.807, 2.05) is 0 Å². The van der Waals surface area contributed by atoms with Crippen molar-refractivity contribution in [1.82, 2.24) is 5.32 Å². The molecule has 0 radical (unpaired) electrons. The smallest absolute Gasteiger partial charge is 0.130 e. The molecule has 1 aliphatic carbocycles. The third kappa shape index (κ3) is 4.23. The molecule has 1 fully saturated rings. The first kappa shape index (κ1) is 11.7. The van der Waals surface area contributed by atoms with Crippen molar-refractivity contribution >= 4 is 5.78 Å². The van der Waals surface area contributed by atoms with Gasteiger partial charge in [0.25, 0.3) is 0 Å². The van der Waals surface area contributed by atoms with Crippen LogP contribution < -0.4 is 5.32 Å². The molecule has 0 unspecified atom stereocenters. The van der Waals surface area contributed by atoms with Gasteiger partial charge in [-0.15, -0.1) is 0 Å². The lowest BCUT2D eigenvalue weighted by molar-refractivity contribution is -0.118. The summed E-state index contributed by atoms with van der Waals surface area (Å²) < 4.78 is 0. The summed E-state index contributed by atoms with van der Waals surface area (Å²) in [5.41, 5.74) is 0. The van der Waals surface area contributed by atoms with Crippen LogP contribution in [0.1, 0.15) is 52.9 Å². The van der Waals surface area contributed by atoms with Crippen LogP contribution in [-0.4, -0.2) is 17.9 Å². The van der Waals surface area contributed by atoms with E-state index < -0.39 is 0 Å². The number of Topliss-reactive ketones (excluding diaryl/α,β-unsaturated/α-hetero) is 1. The van der Waals surface area contributed by atoms with Gasteiger partial charge in [-0.2, -0.15) is 0 Å². The Morgan fingerprint density at radius 3 is 2.29 bits per heavy atom. The van der Waals surface area contributed by atoms with Gasteiger partial charge in [-0.05, 0) is 38.5 Å². The summed E-state index contributed by atoms with van der Waals surface area (Å²) >= 11 is 0. The van der Waals surface area contributed by atoms with Gasteiger partial charge >= 0.3 is 0 Å². The lowest BCUT2D eigenvalue weighted by atomic mass is 9.83. The molecule has 0 atom stereocenters. The van der Waals surface area contributed by atoms with Gasteiger partial charge in [0.1, 0.15) is 5.78 Å². The van der Waals surface area contributed by atoms with Crippen molar-refractivity contribution in [3.05, 3.63) is 0 Å². The fourth-order valence-corrected chi connectivity index (χ4v) is 2.41. The Kier molecular flexibility index (Phi) is 4.59. The van der Waals surface area contributed by atoms with Gasteiger partial charge < -0.3 is 10.1 Å². The Bertz CT molecular complexity index is 181. The van der Waals surface area contributed by atoms with E-state index in [0.29, 0.717) is 23.8 Å². The monoisotopic (exact) mass is 197 g/mol. The molecule has 1 rings (SSSR count). The Morgan fingerprint density at radius 2 is 1.86 bits per heavy atom. The molecule has 82 valence electrons. The standard InChI is InChI=1S/C12H23NO/c1-9(2)13-12-6-4-11(5-7-12)8-10(3)14/h9,11-13H,4-8H2,1-3H3/t11-,12+. The number of rotatable bonds is 4. The predicted molar refractivity (Wildman–Crippen MR) is 59.3 cm³/mol. The highest BCUT2D eigenvalue weighted by molar-refractivity contribution is 5.75. The number of carbonyl (C=O) groups excluding carboxylic acids is 1. The lowest BCUT2D eigenvalue weighted by Crippen LogP contribution is -2.37. The van der Waals surface area contributed by atoms with E-state index in [1.165, 1.54) is 25.7 Å². The van der Waals surface area contributed by atoms with Crippen LogP contribution in [0.25, 0.3) is 0 Å². The van der Waals surface area contributed by atoms with Crippen LogP contribution in [0.4, 0.5) is 0 Å². The number of hydrogen-bond acceptors (Lipinski definition) is 2. The van der Waals surface area contributed by atoms with Gasteiger partial charge in [0.05, 0.1) is 0 Å². The van der Waals surface area contributed by atoms with E-state index in [4.69, 9.17) is 0 Å². The van der Waals surface area contributed by atoms with Crippen molar-refractivity contribution in [2.75, 3.05) is 0 Å². The van der Waals surface area contributed by atoms with Crippen LogP contribution in [0.3, 0.4) is 0 Å². The van der Waals surface area contributed by atoms with Crippen molar-refractivity contribution in [3.63, 3.8) is 0 Å². The van der Waals surface area contributed by atoms with Crippen LogP contribution in [-0.2, 0) is 4.79 Å². The minimum atomic E-state index is 0.352. The average molecular weight is 197 g/mol. The third-order valence-corrected chi connectivity index (χ3v) is 2.99. The van der Waals surface area contributed by atoms with Gasteiger partial charge in [0, 0.05) is 18.5 Å². The SMILES string of the molecule is CC(=O)C[C@H]1CC[C@@H](NC(C)C)CC1. The molecule has 0 aromatic rings. The van der Waals surface area contributed by atoms with E-state index in [9.17, 15) is 4.79 Å². The zero-order valence-corrected chi connectivity index (χ0v) is 9.68. The molecule has 1 aliphatic rings. The van der Waals surface area contributed by atoms with Crippen LogP contribution >= 0.6 is 0 Å². The predicted octanol–water partition coefficient (Wildman–Crippen LogP) is 2.52. The molecule has 0 aromatic heterocycles. The van der Waals surface area contributed by atoms with Gasteiger partial charge in [-0.25, -0.2) is 0 Å².